The average Bonchev–Trinajstić information content (AvgIpc) is 2.22. The summed E-state index contributed by atoms with van der Waals surface area (Å²) in [5, 5.41) is 0. The third kappa shape index (κ3) is 9.19. The molecule has 0 radical (unpaired) electrons. The van der Waals surface area contributed by atoms with Crippen LogP contribution in [0.4, 0.5) is 0 Å². The number of Topliss-reactive ketones (excluding diaryl/α,β-unsaturated/α-hetero) is 1. The minimum absolute atomic E-state index is 0.269. The Morgan fingerprint density at radius 1 is 1.20 bits per heavy atom. The molecule has 0 aromatic rings. The minimum Gasteiger partial charge on any atom is -0.463 e. The van der Waals surface area contributed by atoms with Gasteiger partial charge in [-0.2, -0.15) is 0 Å². The maximum Gasteiger partial charge on any atom is 0.330 e. The van der Waals surface area contributed by atoms with E-state index in [0.29, 0.717) is 25.9 Å². The van der Waals surface area contributed by atoms with Crippen LogP contribution in [0.5, 0.6) is 0 Å². The van der Waals surface area contributed by atoms with Gasteiger partial charge in [0.25, 0.3) is 0 Å². The van der Waals surface area contributed by atoms with Gasteiger partial charge in [0.05, 0.1) is 6.61 Å². The van der Waals surface area contributed by atoms with Gasteiger partial charge in [-0.05, 0) is 19.8 Å². The lowest BCUT2D eigenvalue weighted by atomic mass is 10.1. The molecule has 86 valence electrons. The number of unbranched alkanes of at least 4 members (excludes halogenated alkanes) is 1. The van der Waals surface area contributed by atoms with Crippen molar-refractivity contribution in [3.05, 3.63) is 12.2 Å². The summed E-state index contributed by atoms with van der Waals surface area (Å²) in [4.78, 5) is 22.1. The highest BCUT2D eigenvalue weighted by Gasteiger charge is 1.99. The molecule has 0 rings (SSSR count). The topological polar surface area (TPSA) is 43.4 Å². The van der Waals surface area contributed by atoms with Crippen LogP contribution in [0.25, 0.3) is 0 Å². The lowest BCUT2D eigenvalue weighted by Crippen LogP contribution is -1.99. The van der Waals surface area contributed by atoms with Crippen LogP contribution in [-0.2, 0) is 14.3 Å². The number of hydrogen-bond acceptors (Lipinski definition) is 3. The molecule has 0 aliphatic carbocycles. The van der Waals surface area contributed by atoms with E-state index in [1.807, 2.05) is 0 Å². The van der Waals surface area contributed by atoms with Crippen LogP contribution in [0, 0.1) is 0 Å². The third-order valence-corrected chi connectivity index (χ3v) is 1.94. The van der Waals surface area contributed by atoms with E-state index < -0.39 is 0 Å². The zero-order chi connectivity index (χ0) is 11.5. The summed E-state index contributed by atoms with van der Waals surface area (Å²) in [5.74, 6) is -0.0659. The van der Waals surface area contributed by atoms with Crippen molar-refractivity contribution in [1.29, 1.82) is 0 Å². The van der Waals surface area contributed by atoms with Crippen LogP contribution in [0.2, 0.25) is 0 Å². The van der Waals surface area contributed by atoms with E-state index in [4.69, 9.17) is 4.74 Å². The molecule has 15 heavy (non-hydrogen) atoms. The Balaban J connectivity index is 3.51. The van der Waals surface area contributed by atoms with Gasteiger partial charge in [0, 0.05) is 18.9 Å². The van der Waals surface area contributed by atoms with Crippen molar-refractivity contribution < 1.29 is 14.3 Å². The highest BCUT2D eigenvalue weighted by molar-refractivity contribution is 5.82. The van der Waals surface area contributed by atoms with Crippen LogP contribution in [0.3, 0.4) is 0 Å². The molecule has 3 nitrogen and oxygen atoms in total. The molecule has 0 atom stereocenters. The van der Waals surface area contributed by atoms with E-state index in [9.17, 15) is 9.59 Å². The fourth-order valence-corrected chi connectivity index (χ4v) is 1.11. The molecule has 0 aliphatic heterocycles. The van der Waals surface area contributed by atoms with Crippen molar-refractivity contribution in [3.63, 3.8) is 0 Å². The Morgan fingerprint density at radius 3 is 2.53 bits per heavy atom. The van der Waals surface area contributed by atoms with Gasteiger partial charge >= 0.3 is 5.97 Å². The minimum atomic E-state index is -0.335. The molecule has 0 heterocycles. The molecule has 0 aliphatic rings. The van der Waals surface area contributed by atoms with Crippen molar-refractivity contribution in [2.45, 2.75) is 46.0 Å². The summed E-state index contributed by atoms with van der Waals surface area (Å²) in [5.41, 5.74) is 0. The van der Waals surface area contributed by atoms with Crippen molar-refractivity contribution in [1.82, 2.24) is 0 Å². The third-order valence-electron chi connectivity index (χ3n) is 1.94. The van der Waals surface area contributed by atoms with E-state index in [2.05, 4.69) is 6.92 Å². The number of hydrogen-bond donors (Lipinski definition) is 0. The Morgan fingerprint density at radius 2 is 1.93 bits per heavy atom. The molecular formula is C12H20O3. The molecule has 0 unspecified atom stereocenters. The van der Waals surface area contributed by atoms with Gasteiger partial charge < -0.3 is 4.74 Å². The SMILES string of the molecule is CCCCC(=O)CCC=CC(=O)OCC. The number of carbonyl (C=O) groups excluding carboxylic acids is 2. The first-order valence-corrected chi connectivity index (χ1v) is 5.55. The zero-order valence-electron chi connectivity index (χ0n) is 9.62. The molecule has 0 saturated carbocycles. The van der Waals surface area contributed by atoms with Crippen LogP contribution in [-0.4, -0.2) is 18.4 Å². The van der Waals surface area contributed by atoms with Gasteiger partial charge in [-0.1, -0.05) is 19.4 Å². The predicted molar refractivity (Wildman–Crippen MR) is 59.5 cm³/mol. The van der Waals surface area contributed by atoms with Gasteiger partial charge in [-0.15, -0.1) is 0 Å². The normalized spacial score (nSPS) is 10.5. The van der Waals surface area contributed by atoms with E-state index in [-0.39, 0.29) is 11.8 Å². The first-order valence-electron chi connectivity index (χ1n) is 5.55. The monoisotopic (exact) mass is 212 g/mol. The van der Waals surface area contributed by atoms with Crippen molar-refractivity contribution >= 4 is 11.8 Å². The Labute approximate surface area is 91.5 Å². The Kier molecular flexibility index (Phi) is 8.73. The molecule has 0 N–H and O–H groups in total. The van der Waals surface area contributed by atoms with Crippen LogP contribution in [0.15, 0.2) is 12.2 Å². The number of esters is 1. The summed E-state index contributed by atoms with van der Waals surface area (Å²) >= 11 is 0. The van der Waals surface area contributed by atoms with E-state index >= 15 is 0 Å². The maximum atomic E-state index is 11.2. The number of carbonyl (C=O) groups is 2. The highest BCUT2D eigenvalue weighted by Crippen LogP contribution is 2.01. The van der Waals surface area contributed by atoms with Gasteiger partial charge in [-0.3, -0.25) is 4.79 Å². The van der Waals surface area contributed by atoms with Crippen LogP contribution < -0.4 is 0 Å². The summed E-state index contributed by atoms with van der Waals surface area (Å²) < 4.78 is 4.70. The van der Waals surface area contributed by atoms with Crippen LogP contribution >= 0.6 is 0 Å². The first kappa shape index (κ1) is 13.9. The smallest absolute Gasteiger partial charge is 0.330 e. The molecule has 0 fully saturated rings. The van der Waals surface area contributed by atoms with Gasteiger partial charge in [-0.25, -0.2) is 4.79 Å². The summed E-state index contributed by atoms with van der Waals surface area (Å²) in [6.45, 7) is 4.21. The van der Waals surface area contributed by atoms with E-state index in [1.54, 1.807) is 13.0 Å². The van der Waals surface area contributed by atoms with Crippen LogP contribution in [0.1, 0.15) is 46.0 Å². The molecule has 3 heteroatoms. The first-order chi connectivity index (χ1) is 7.20. The second-order valence-corrected chi connectivity index (χ2v) is 3.34. The molecule has 0 aromatic heterocycles. The Bertz CT molecular complexity index is 219. The lowest BCUT2D eigenvalue weighted by Gasteiger charge is -1.96. The van der Waals surface area contributed by atoms with E-state index in [0.717, 1.165) is 12.8 Å². The summed E-state index contributed by atoms with van der Waals surface area (Å²) in [7, 11) is 0. The number of allylic oxidation sites excluding steroid dienone is 1. The standard InChI is InChI=1S/C12H20O3/c1-3-5-8-11(13)9-6-7-10-12(14)15-4-2/h7,10H,3-6,8-9H2,1-2H3. The van der Waals surface area contributed by atoms with Crippen molar-refractivity contribution in [3.8, 4) is 0 Å². The average molecular weight is 212 g/mol. The highest BCUT2D eigenvalue weighted by atomic mass is 16.5. The van der Waals surface area contributed by atoms with Gasteiger partial charge in [0.1, 0.15) is 5.78 Å². The predicted octanol–water partition coefficient (Wildman–Crippen LogP) is 2.65. The lowest BCUT2D eigenvalue weighted by molar-refractivity contribution is -0.137. The molecule has 0 spiro atoms. The fourth-order valence-electron chi connectivity index (χ4n) is 1.11. The largest absolute Gasteiger partial charge is 0.463 e. The Hall–Kier alpha value is -1.12. The fraction of sp³-hybridized carbons (Fsp3) is 0.667. The van der Waals surface area contributed by atoms with Gasteiger partial charge in [0.2, 0.25) is 0 Å². The van der Waals surface area contributed by atoms with Gasteiger partial charge in [0.15, 0.2) is 0 Å². The number of rotatable bonds is 8. The second kappa shape index (κ2) is 9.44. The van der Waals surface area contributed by atoms with Crippen molar-refractivity contribution in [2.24, 2.45) is 0 Å². The molecular weight excluding hydrogens is 192 g/mol. The molecule has 0 saturated heterocycles. The van der Waals surface area contributed by atoms with E-state index in [1.165, 1.54) is 6.08 Å². The summed E-state index contributed by atoms with van der Waals surface area (Å²) in [6, 6.07) is 0. The molecule has 0 amide bonds. The molecule has 0 aromatic carbocycles. The quantitative estimate of drug-likeness (QED) is 0.459. The summed E-state index contributed by atoms with van der Waals surface area (Å²) in [6.07, 6.45) is 6.89. The number of ether oxygens (including phenoxy) is 1. The molecule has 0 bridgehead atoms. The second-order valence-electron chi connectivity index (χ2n) is 3.34. The zero-order valence-corrected chi connectivity index (χ0v) is 9.62. The van der Waals surface area contributed by atoms with Crippen molar-refractivity contribution in [2.75, 3.05) is 6.61 Å². The number of ketones is 1. The maximum absolute atomic E-state index is 11.2.